The van der Waals surface area contributed by atoms with Crippen LogP contribution in [0.2, 0.25) is 0 Å². The highest BCUT2D eigenvalue weighted by Gasteiger charge is 2.35. The molecule has 0 aliphatic carbocycles. The fourth-order valence-corrected chi connectivity index (χ4v) is 5.25. The number of fused-ring (bicyclic) bond motifs is 1. The van der Waals surface area contributed by atoms with Crippen LogP contribution in [0, 0.1) is 0 Å². The van der Waals surface area contributed by atoms with Crippen LogP contribution in [-0.2, 0) is 11.8 Å². The highest BCUT2D eigenvalue weighted by atomic mass is 16.3. The molecule has 1 fully saturated rings. The van der Waals surface area contributed by atoms with Gasteiger partial charge < -0.3 is 14.6 Å². The Kier molecular flexibility index (Phi) is 6.98. The summed E-state index contributed by atoms with van der Waals surface area (Å²) >= 11 is 0. The van der Waals surface area contributed by atoms with Gasteiger partial charge in [0.25, 0.3) is 5.91 Å². The highest BCUT2D eigenvalue weighted by molar-refractivity contribution is 5.94. The summed E-state index contributed by atoms with van der Waals surface area (Å²) in [6.07, 6.45) is 1.59. The number of oxazole rings is 1. The molecule has 5 aromatic rings. The number of hydrogen-bond acceptors (Lipinski definition) is 9. The van der Waals surface area contributed by atoms with E-state index < -0.39 is 0 Å². The molecule has 208 valence electrons. The molecule has 1 aliphatic rings. The predicted octanol–water partition coefficient (Wildman–Crippen LogP) is 3.31. The first-order chi connectivity index (χ1) is 19.9. The molecule has 41 heavy (non-hydrogen) atoms. The van der Waals surface area contributed by atoms with Crippen molar-refractivity contribution in [2.45, 2.75) is 25.9 Å². The van der Waals surface area contributed by atoms with Gasteiger partial charge in [-0.25, -0.2) is 4.98 Å². The number of nitrogens with zero attached hydrogens (tertiary/aromatic N) is 8. The fraction of sp³-hybridized carbons (Fsp3) is 0.276. The monoisotopic (exact) mass is 551 g/mol. The quantitative estimate of drug-likeness (QED) is 0.337. The molecule has 2 atom stereocenters. The Bertz CT molecular complexity index is 1720. The molecule has 0 unspecified atom stereocenters. The second-order valence-electron chi connectivity index (χ2n) is 10.1. The van der Waals surface area contributed by atoms with Crippen molar-refractivity contribution in [2.24, 2.45) is 7.05 Å². The largest absolute Gasteiger partial charge is 0.436 e. The number of piperazine rings is 1. The minimum atomic E-state index is -0.177. The third-order valence-corrected chi connectivity index (χ3v) is 7.12. The van der Waals surface area contributed by atoms with Crippen LogP contribution in [0.15, 0.2) is 71.3 Å². The minimum Gasteiger partial charge on any atom is -0.436 e. The van der Waals surface area contributed by atoms with Gasteiger partial charge in [-0.2, -0.15) is 4.80 Å². The molecule has 6 rings (SSSR count). The second-order valence-corrected chi connectivity index (χ2v) is 10.1. The molecule has 1 aliphatic heterocycles. The van der Waals surface area contributed by atoms with Gasteiger partial charge in [0.05, 0.1) is 13.1 Å². The molecule has 12 nitrogen and oxygen atoms in total. The van der Waals surface area contributed by atoms with E-state index in [4.69, 9.17) is 4.42 Å². The van der Waals surface area contributed by atoms with Crippen molar-refractivity contribution in [3.63, 3.8) is 0 Å². The van der Waals surface area contributed by atoms with Crippen LogP contribution in [0.5, 0.6) is 0 Å². The zero-order valence-corrected chi connectivity index (χ0v) is 22.9. The van der Waals surface area contributed by atoms with Gasteiger partial charge in [-0.05, 0) is 48.0 Å². The Labute approximate surface area is 236 Å². The summed E-state index contributed by atoms with van der Waals surface area (Å²) in [5.41, 5.74) is 3.85. The van der Waals surface area contributed by atoms with Crippen LogP contribution >= 0.6 is 0 Å². The molecular formula is C29H29N9O3. The molecule has 0 saturated carbocycles. The average molecular weight is 552 g/mol. The third-order valence-electron chi connectivity index (χ3n) is 7.12. The Morgan fingerprint density at radius 1 is 1.07 bits per heavy atom. The number of carbonyl (C=O) groups excluding carboxylic acids is 2. The van der Waals surface area contributed by atoms with E-state index in [0.717, 1.165) is 5.56 Å². The smallest absolute Gasteiger partial charge is 0.272 e. The number of aromatic nitrogens is 6. The zero-order valence-electron chi connectivity index (χ0n) is 22.9. The zero-order chi connectivity index (χ0) is 28.5. The van der Waals surface area contributed by atoms with E-state index in [2.05, 4.69) is 54.7 Å². The lowest BCUT2D eigenvalue weighted by Crippen LogP contribution is -2.54. The van der Waals surface area contributed by atoms with E-state index in [9.17, 15) is 9.59 Å². The van der Waals surface area contributed by atoms with E-state index >= 15 is 0 Å². The number of hydrogen-bond donors (Lipinski definition) is 1. The van der Waals surface area contributed by atoms with Gasteiger partial charge in [-0.1, -0.05) is 30.3 Å². The molecule has 0 bridgehead atoms. The van der Waals surface area contributed by atoms with Gasteiger partial charge >= 0.3 is 0 Å². The highest BCUT2D eigenvalue weighted by Crippen LogP contribution is 2.31. The van der Waals surface area contributed by atoms with E-state index in [-0.39, 0.29) is 23.9 Å². The van der Waals surface area contributed by atoms with Crippen molar-refractivity contribution >= 4 is 28.6 Å². The summed E-state index contributed by atoms with van der Waals surface area (Å²) in [5, 5.41) is 15.6. The number of carbonyl (C=O) groups is 2. The number of anilines is 1. The van der Waals surface area contributed by atoms with E-state index in [1.165, 1.54) is 11.7 Å². The first-order valence-electron chi connectivity index (χ1n) is 13.3. The SMILES string of the molecule is CC(=O)Nc1ccc2oc(-c3ccnc(C(=O)N4CCN([C@@H](c5ccccc5)c5nnn(C)n5)[C@H](C)C4)c3)nc2c1. The van der Waals surface area contributed by atoms with E-state index in [0.29, 0.717) is 59.4 Å². The second kappa shape index (κ2) is 10.9. The lowest BCUT2D eigenvalue weighted by molar-refractivity contribution is -0.114. The molecule has 4 heterocycles. The van der Waals surface area contributed by atoms with Crippen molar-refractivity contribution in [1.29, 1.82) is 0 Å². The lowest BCUT2D eigenvalue weighted by atomic mass is 10.0. The van der Waals surface area contributed by atoms with E-state index in [1.54, 1.807) is 43.6 Å². The molecule has 2 amide bonds. The topological polar surface area (TPSA) is 135 Å². The number of nitrogens with one attached hydrogen (secondary N) is 1. The fourth-order valence-electron chi connectivity index (χ4n) is 5.25. The molecule has 3 aromatic heterocycles. The third kappa shape index (κ3) is 5.41. The summed E-state index contributed by atoms with van der Waals surface area (Å²) in [6, 6.07) is 18.7. The first-order valence-corrected chi connectivity index (χ1v) is 13.3. The van der Waals surface area contributed by atoms with Crippen LogP contribution in [-0.4, -0.2) is 77.5 Å². The summed E-state index contributed by atoms with van der Waals surface area (Å²) in [5.74, 6) is 0.678. The Morgan fingerprint density at radius 2 is 1.90 bits per heavy atom. The van der Waals surface area contributed by atoms with Crippen LogP contribution < -0.4 is 5.32 Å². The van der Waals surface area contributed by atoms with Gasteiger partial charge in [-0.15, -0.1) is 10.2 Å². The minimum absolute atomic E-state index is 0.0275. The maximum absolute atomic E-state index is 13.6. The number of amides is 2. The lowest BCUT2D eigenvalue weighted by Gasteiger charge is -2.43. The van der Waals surface area contributed by atoms with Crippen molar-refractivity contribution in [3.05, 3.63) is 83.9 Å². The van der Waals surface area contributed by atoms with Gasteiger partial charge in [0.2, 0.25) is 11.8 Å². The molecule has 1 N–H and O–H groups in total. The number of tetrazole rings is 1. The van der Waals surface area contributed by atoms with Gasteiger partial charge in [0.1, 0.15) is 11.2 Å². The molecule has 0 radical (unpaired) electrons. The summed E-state index contributed by atoms with van der Waals surface area (Å²) < 4.78 is 5.94. The number of benzene rings is 2. The number of aryl methyl sites for hydroxylation is 1. The molecule has 0 spiro atoms. The first kappa shape index (κ1) is 26.3. The van der Waals surface area contributed by atoms with Crippen molar-refractivity contribution < 1.29 is 14.0 Å². The van der Waals surface area contributed by atoms with Crippen LogP contribution in [0.4, 0.5) is 5.69 Å². The molecule has 1 saturated heterocycles. The molecule has 2 aromatic carbocycles. The van der Waals surface area contributed by atoms with Gasteiger partial charge in [0.15, 0.2) is 11.4 Å². The van der Waals surface area contributed by atoms with Gasteiger partial charge in [0, 0.05) is 50.0 Å². The standard InChI is InChI=1S/C29H29N9O3/c1-18-17-37(13-14-38(18)26(20-7-5-4-6-8-20)27-33-35-36(3)34-27)29(40)24-15-21(11-12-30-24)28-32-23-16-22(31-19(2)39)9-10-25(23)41-28/h4-12,15-16,18,26H,13-14,17H2,1-3H3,(H,31,39)/t18-,26+/m1/s1. The van der Waals surface area contributed by atoms with Crippen LogP contribution in [0.3, 0.4) is 0 Å². The van der Waals surface area contributed by atoms with Crippen molar-refractivity contribution in [2.75, 3.05) is 25.0 Å². The van der Waals surface area contributed by atoms with Gasteiger partial charge in [-0.3, -0.25) is 19.5 Å². The average Bonchev–Trinajstić information content (AvgIpc) is 3.60. The predicted molar refractivity (Wildman–Crippen MR) is 151 cm³/mol. The molecule has 12 heteroatoms. The normalized spacial score (nSPS) is 16.6. The summed E-state index contributed by atoms with van der Waals surface area (Å²) in [7, 11) is 1.75. The Morgan fingerprint density at radius 3 is 2.63 bits per heavy atom. The summed E-state index contributed by atoms with van der Waals surface area (Å²) in [4.78, 5) is 39.5. The molecular weight excluding hydrogens is 522 g/mol. The maximum atomic E-state index is 13.6. The van der Waals surface area contributed by atoms with E-state index in [1.807, 2.05) is 23.1 Å². The number of pyridine rings is 1. The van der Waals surface area contributed by atoms with Crippen LogP contribution in [0.25, 0.3) is 22.6 Å². The Balaban J connectivity index is 1.20. The van der Waals surface area contributed by atoms with Crippen molar-refractivity contribution in [1.82, 2.24) is 40.0 Å². The maximum Gasteiger partial charge on any atom is 0.272 e. The Hall–Kier alpha value is -4.97. The van der Waals surface area contributed by atoms with Crippen molar-refractivity contribution in [3.8, 4) is 11.5 Å². The summed E-state index contributed by atoms with van der Waals surface area (Å²) in [6.45, 7) is 5.22. The number of rotatable bonds is 6. The van der Waals surface area contributed by atoms with Crippen LogP contribution in [0.1, 0.15) is 41.8 Å².